The van der Waals surface area contributed by atoms with E-state index in [-0.39, 0.29) is 12.3 Å². The highest BCUT2D eigenvalue weighted by Crippen LogP contribution is 2.23. The van der Waals surface area contributed by atoms with E-state index in [1.807, 2.05) is 91.0 Å². The monoisotopic (exact) mass is 410 g/mol. The molecule has 0 spiro atoms. The van der Waals surface area contributed by atoms with Gasteiger partial charge in [0.2, 0.25) is 5.91 Å². The van der Waals surface area contributed by atoms with Crippen LogP contribution >= 0.6 is 0 Å². The summed E-state index contributed by atoms with van der Waals surface area (Å²) in [6.45, 7) is 0. The third-order valence-corrected chi connectivity index (χ3v) is 4.83. The SMILES string of the molecule is O=C(CCc1ccccc1)NNC(=O)c1cn(-c2ccccc2)nc1-c1ccccc1. The highest BCUT2D eigenvalue weighted by molar-refractivity contribution is 6.00. The number of rotatable bonds is 6. The number of nitrogens with one attached hydrogen (secondary N) is 2. The fourth-order valence-corrected chi connectivity index (χ4v) is 3.22. The zero-order chi connectivity index (χ0) is 21.5. The minimum absolute atomic E-state index is 0.256. The van der Waals surface area contributed by atoms with Crippen LogP contribution in [-0.4, -0.2) is 21.6 Å². The minimum Gasteiger partial charge on any atom is -0.273 e. The van der Waals surface area contributed by atoms with Crippen molar-refractivity contribution in [3.8, 4) is 16.9 Å². The Hall–Kier alpha value is -4.19. The van der Waals surface area contributed by atoms with Crippen molar-refractivity contribution in [1.82, 2.24) is 20.6 Å². The average Bonchev–Trinajstić information content (AvgIpc) is 3.29. The van der Waals surface area contributed by atoms with Crippen molar-refractivity contribution in [2.75, 3.05) is 0 Å². The van der Waals surface area contributed by atoms with E-state index in [2.05, 4.69) is 16.0 Å². The molecule has 0 aliphatic carbocycles. The summed E-state index contributed by atoms with van der Waals surface area (Å²) in [5.74, 6) is -0.678. The van der Waals surface area contributed by atoms with Crippen LogP contribution in [0, 0.1) is 0 Å². The van der Waals surface area contributed by atoms with E-state index in [4.69, 9.17) is 0 Å². The number of nitrogens with zero attached hydrogens (tertiary/aromatic N) is 2. The normalized spacial score (nSPS) is 10.5. The third kappa shape index (κ3) is 5.05. The number of hydrogen-bond donors (Lipinski definition) is 2. The lowest BCUT2D eigenvalue weighted by Crippen LogP contribution is -2.41. The molecule has 1 heterocycles. The maximum absolute atomic E-state index is 12.9. The zero-order valence-corrected chi connectivity index (χ0v) is 16.9. The molecule has 0 unspecified atom stereocenters. The number of hydrazine groups is 1. The number of benzene rings is 3. The van der Waals surface area contributed by atoms with Gasteiger partial charge >= 0.3 is 0 Å². The van der Waals surface area contributed by atoms with Crippen LogP contribution in [0.4, 0.5) is 0 Å². The summed E-state index contributed by atoms with van der Waals surface area (Å²) in [6.07, 6.45) is 2.55. The number of aryl methyl sites for hydroxylation is 1. The van der Waals surface area contributed by atoms with Gasteiger partial charge in [0, 0.05) is 18.2 Å². The number of hydrogen-bond acceptors (Lipinski definition) is 3. The molecule has 0 fully saturated rings. The van der Waals surface area contributed by atoms with E-state index in [0.29, 0.717) is 17.7 Å². The van der Waals surface area contributed by atoms with Crippen LogP contribution in [0.5, 0.6) is 0 Å². The molecule has 1 aromatic heterocycles. The summed E-state index contributed by atoms with van der Waals surface area (Å²) in [7, 11) is 0. The van der Waals surface area contributed by atoms with Crippen molar-refractivity contribution in [3.05, 3.63) is 108 Å². The predicted molar refractivity (Wildman–Crippen MR) is 119 cm³/mol. The largest absolute Gasteiger partial charge is 0.273 e. The summed E-state index contributed by atoms with van der Waals surface area (Å²) in [5, 5.41) is 4.62. The van der Waals surface area contributed by atoms with Gasteiger partial charge in [0.25, 0.3) is 5.91 Å². The van der Waals surface area contributed by atoms with Gasteiger partial charge in [-0.3, -0.25) is 20.4 Å². The first-order valence-corrected chi connectivity index (χ1v) is 10.0. The molecule has 0 saturated heterocycles. The molecule has 2 N–H and O–H groups in total. The molecule has 4 rings (SSSR count). The first kappa shape index (κ1) is 20.1. The second kappa shape index (κ2) is 9.54. The van der Waals surface area contributed by atoms with Gasteiger partial charge in [0.1, 0.15) is 5.69 Å². The summed E-state index contributed by atoms with van der Waals surface area (Å²) < 4.78 is 1.66. The molecule has 6 nitrogen and oxygen atoms in total. The Labute approximate surface area is 180 Å². The second-order valence-corrected chi connectivity index (χ2v) is 7.03. The Kier molecular flexibility index (Phi) is 6.18. The molecule has 0 aliphatic rings. The van der Waals surface area contributed by atoms with Crippen LogP contribution in [0.15, 0.2) is 97.2 Å². The molecule has 0 bridgehead atoms. The minimum atomic E-state index is -0.422. The zero-order valence-electron chi connectivity index (χ0n) is 16.9. The molecule has 0 saturated carbocycles. The van der Waals surface area contributed by atoms with Gasteiger partial charge in [-0.2, -0.15) is 5.10 Å². The molecule has 0 atom stereocenters. The lowest BCUT2D eigenvalue weighted by atomic mass is 10.1. The molecule has 0 aliphatic heterocycles. The van der Waals surface area contributed by atoms with Gasteiger partial charge in [-0.25, -0.2) is 4.68 Å². The van der Waals surface area contributed by atoms with Crippen LogP contribution in [0.3, 0.4) is 0 Å². The van der Waals surface area contributed by atoms with Crippen molar-refractivity contribution in [1.29, 1.82) is 0 Å². The van der Waals surface area contributed by atoms with E-state index in [1.165, 1.54) is 0 Å². The summed E-state index contributed by atoms with van der Waals surface area (Å²) in [6, 6.07) is 28.8. The molecule has 2 amide bonds. The number of para-hydroxylation sites is 1. The van der Waals surface area contributed by atoms with Gasteiger partial charge in [-0.05, 0) is 24.1 Å². The number of amides is 2. The average molecular weight is 410 g/mol. The molecular formula is C25H22N4O2. The van der Waals surface area contributed by atoms with Crippen molar-refractivity contribution in [2.45, 2.75) is 12.8 Å². The summed E-state index contributed by atoms with van der Waals surface area (Å²) in [5.41, 5.74) is 8.66. The smallest absolute Gasteiger partial charge is 0.273 e. The van der Waals surface area contributed by atoms with Gasteiger partial charge in [-0.1, -0.05) is 78.9 Å². The van der Waals surface area contributed by atoms with Crippen LogP contribution in [0.25, 0.3) is 16.9 Å². The highest BCUT2D eigenvalue weighted by atomic mass is 16.2. The fourth-order valence-electron chi connectivity index (χ4n) is 3.22. The fraction of sp³-hybridized carbons (Fsp3) is 0.0800. The first-order chi connectivity index (χ1) is 15.2. The Bertz CT molecular complexity index is 1160. The van der Waals surface area contributed by atoms with Crippen LogP contribution in [0.2, 0.25) is 0 Å². The van der Waals surface area contributed by atoms with E-state index in [9.17, 15) is 9.59 Å². The standard InChI is InChI=1S/C25H22N4O2/c30-23(17-16-19-10-4-1-5-11-19)26-27-25(31)22-18-29(21-14-8-3-9-15-21)28-24(22)20-12-6-2-7-13-20/h1-15,18H,16-17H2,(H,26,30)(H,27,31). The highest BCUT2D eigenvalue weighted by Gasteiger charge is 2.19. The maximum atomic E-state index is 12.9. The van der Waals surface area contributed by atoms with E-state index in [0.717, 1.165) is 16.8 Å². The Morgan fingerprint density at radius 2 is 1.39 bits per heavy atom. The Morgan fingerprint density at radius 1 is 0.774 bits per heavy atom. The molecule has 154 valence electrons. The van der Waals surface area contributed by atoms with Crippen LogP contribution < -0.4 is 10.9 Å². The summed E-state index contributed by atoms with van der Waals surface area (Å²) >= 11 is 0. The number of carbonyl (C=O) groups excluding carboxylic acids is 2. The lowest BCUT2D eigenvalue weighted by molar-refractivity contribution is -0.121. The molecule has 0 radical (unpaired) electrons. The predicted octanol–water partition coefficient (Wildman–Crippen LogP) is 3.93. The molecule has 4 aromatic rings. The number of aromatic nitrogens is 2. The lowest BCUT2D eigenvalue weighted by Gasteiger charge is -2.07. The van der Waals surface area contributed by atoms with E-state index >= 15 is 0 Å². The molecule has 3 aromatic carbocycles. The quantitative estimate of drug-likeness (QED) is 0.473. The summed E-state index contributed by atoms with van der Waals surface area (Å²) in [4.78, 5) is 25.1. The third-order valence-electron chi connectivity index (χ3n) is 4.83. The van der Waals surface area contributed by atoms with Crippen LogP contribution in [-0.2, 0) is 11.2 Å². The maximum Gasteiger partial charge on any atom is 0.273 e. The van der Waals surface area contributed by atoms with Gasteiger partial charge in [0.05, 0.1) is 11.3 Å². The van der Waals surface area contributed by atoms with Gasteiger partial charge in [0.15, 0.2) is 0 Å². The van der Waals surface area contributed by atoms with E-state index in [1.54, 1.807) is 10.9 Å². The van der Waals surface area contributed by atoms with Crippen LogP contribution in [0.1, 0.15) is 22.3 Å². The van der Waals surface area contributed by atoms with Crippen molar-refractivity contribution >= 4 is 11.8 Å². The molecule has 6 heteroatoms. The van der Waals surface area contributed by atoms with Gasteiger partial charge < -0.3 is 0 Å². The van der Waals surface area contributed by atoms with Crippen molar-refractivity contribution in [3.63, 3.8) is 0 Å². The first-order valence-electron chi connectivity index (χ1n) is 10.0. The Balaban J connectivity index is 1.49. The molecular weight excluding hydrogens is 388 g/mol. The topological polar surface area (TPSA) is 76.0 Å². The number of carbonyl (C=O) groups is 2. The van der Waals surface area contributed by atoms with Crippen molar-refractivity contribution < 1.29 is 9.59 Å². The van der Waals surface area contributed by atoms with Gasteiger partial charge in [-0.15, -0.1) is 0 Å². The second-order valence-electron chi connectivity index (χ2n) is 7.03. The van der Waals surface area contributed by atoms with Crippen molar-refractivity contribution in [2.24, 2.45) is 0 Å². The van der Waals surface area contributed by atoms with E-state index < -0.39 is 5.91 Å². The Morgan fingerprint density at radius 3 is 2.06 bits per heavy atom. The molecule has 31 heavy (non-hydrogen) atoms.